The number of hydrogen-bond donors (Lipinski definition) is 1. The largest absolute Gasteiger partial charge is 0.449 e. The maximum Gasteiger partial charge on any atom is 0.412 e. The van der Waals surface area contributed by atoms with E-state index >= 15 is 0 Å². The lowest BCUT2D eigenvalue weighted by atomic mass is 9.89. The minimum absolute atomic E-state index is 0.139. The third-order valence-electron chi connectivity index (χ3n) is 4.30. The van der Waals surface area contributed by atoms with Crippen molar-refractivity contribution in [2.24, 2.45) is 0 Å². The van der Waals surface area contributed by atoms with Gasteiger partial charge in [-0.05, 0) is 52.4 Å². The zero-order valence-electron chi connectivity index (χ0n) is 12.7. The van der Waals surface area contributed by atoms with E-state index < -0.39 is 5.72 Å². The van der Waals surface area contributed by atoms with Crippen LogP contribution in [0.1, 0.15) is 58.8 Å². The summed E-state index contributed by atoms with van der Waals surface area (Å²) in [6.45, 7) is 5.14. The van der Waals surface area contributed by atoms with Gasteiger partial charge in [0.05, 0.1) is 18.8 Å². The first-order valence-corrected chi connectivity index (χ1v) is 7.74. The molecule has 1 saturated heterocycles. The molecule has 5 nitrogen and oxygen atoms in total. The molecule has 2 rings (SSSR count). The molecule has 0 bridgehead atoms. The van der Waals surface area contributed by atoms with E-state index in [2.05, 4.69) is 0 Å². The summed E-state index contributed by atoms with van der Waals surface area (Å²) in [6.07, 6.45) is 6.32. The van der Waals surface area contributed by atoms with E-state index in [1.54, 1.807) is 0 Å². The molecule has 2 aliphatic rings. The number of aliphatic hydroxyl groups is 1. The van der Waals surface area contributed by atoms with Crippen molar-refractivity contribution in [2.75, 3.05) is 19.8 Å². The highest BCUT2D eigenvalue weighted by molar-refractivity contribution is 5.70. The van der Waals surface area contributed by atoms with Crippen molar-refractivity contribution >= 4 is 6.09 Å². The van der Waals surface area contributed by atoms with Crippen LogP contribution < -0.4 is 0 Å². The second-order valence-electron chi connectivity index (χ2n) is 6.49. The standard InChI is InChI=1S/C15H27NO4/c1-14(2)12-20-15(8-4-3-5-9-15)16(14)13(18)19-11-7-6-10-17/h17H,3-12H2,1-2H3. The van der Waals surface area contributed by atoms with E-state index in [1.165, 1.54) is 6.42 Å². The molecule has 1 spiro atoms. The van der Waals surface area contributed by atoms with Crippen molar-refractivity contribution < 1.29 is 19.4 Å². The second-order valence-corrected chi connectivity index (χ2v) is 6.49. The van der Waals surface area contributed by atoms with Crippen molar-refractivity contribution in [3.8, 4) is 0 Å². The van der Waals surface area contributed by atoms with Crippen molar-refractivity contribution in [1.29, 1.82) is 0 Å². The summed E-state index contributed by atoms with van der Waals surface area (Å²) < 4.78 is 11.4. The van der Waals surface area contributed by atoms with Crippen LogP contribution in [0.3, 0.4) is 0 Å². The van der Waals surface area contributed by atoms with E-state index in [0.29, 0.717) is 26.1 Å². The van der Waals surface area contributed by atoms with Crippen molar-refractivity contribution in [3.63, 3.8) is 0 Å². The molecular weight excluding hydrogens is 258 g/mol. The van der Waals surface area contributed by atoms with E-state index in [1.807, 2.05) is 18.7 Å². The summed E-state index contributed by atoms with van der Waals surface area (Å²) in [5.74, 6) is 0. The summed E-state index contributed by atoms with van der Waals surface area (Å²) in [6, 6.07) is 0. The van der Waals surface area contributed by atoms with Gasteiger partial charge in [-0.1, -0.05) is 6.42 Å². The third kappa shape index (κ3) is 3.09. The Hall–Kier alpha value is -0.810. The topological polar surface area (TPSA) is 59.0 Å². The molecule has 1 amide bonds. The molecule has 1 aliphatic carbocycles. The molecule has 1 heterocycles. The van der Waals surface area contributed by atoms with Crippen LogP contribution >= 0.6 is 0 Å². The number of carbonyl (C=O) groups excluding carboxylic acids is 1. The maximum atomic E-state index is 12.5. The molecule has 0 aromatic heterocycles. The van der Waals surface area contributed by atoms with Crippen LogP contribution in [-0.4, -0.2) is 47.2 Å². The Morgan fingerprint density at radius 1 is 1.25 bits per heavy atom. The van der Waals surface area contributed by atoms with E-state index in [4.69, 9.17) is 14.6 Å². The fourth-order valence-corrected chi connectivity index (χ4v) is 3.32. The fourth-order valence-electron chi connectivity index (χ4n) is 3.32. The number of ether oxygens (including phenoxy) is 2. The number of nitrogens with zero attached hydrogens (tertiary/aromatic N) is 1. The molecule has 0 unspecified atom stereocenters. The second kappa shape index (κ2) is 6.31. The Bertz CT molecular complexity index is 337. The third-order valence-corrected chi connectivity index (χ3v) is 4.30. The van der Waals surface area contributed by atoms with Gasteiger partial charge in [-0.25, -0.2) is 4.79 Å². The van der Waals surface area contributed by atoms with E-state index in [9.17, 15) is 4.79 Å². The van der Waals surface area contributed by atoms with Crippen LogP contribution in [0.4, 0.5) is 4.79 Å². The summed E-state index contributed by atoms with van der Waals surface area (Å²) >= 11 is 0. The highest BCUT2D eigenvalue weighted by Gasteiger charge is 2.55. The first-order valence-electron chi connectivity index (χ1n) is 7.74. The molecule has 20 heavy (non-hydrogen) atoms. The number of unbranched alkanes of at least 4 members (excludes halogenated alkanes) is 1. The van der Waals surface area contributed by atoms with Crippen LogP contribution in [0, 0.1) is 0 Å². The first kappa shape index (κ1) is 15.6. The van der Waals surface area contributed by atoms with Crippen molar-refractivity contribution in [2.45, 2.75) is 70.1 Å². The number of amides is 1. The summed E-state index contributed by atoms with van der Waals surface area (Å²) in [5, 5.41) is 8.75. The van der Waals surface area contributed by atoms with Crippen molar-refractivity contribution in [1.82, 2.24) is 4.90 Å². The van der Waals surface area contributed by atoms with Gasteiger partial charge in [0, 0.05) is 6.61 Å². The number of carbonyl (C=O) groups is 1. The zero-order chi connectivity index (χ0) is 14.6. The Labute approximate surface area is 121 Å². The van der Waals surface area contributed by atoms with Gasteiger partial charge < -0.3 is 14.6 Å². The molecule has 5 heteroatoms. The summed E-state index contributed by atoms with van der Waals surface area (Å²) in [5.41, 5.74) is -0.763. The molecule has 1 aliphatic heterocycles. The van der Waals surface area contributed by atoms with Crippen LogP contribution in [0.15, 0.2) is 0 Å². The number of aliphatic hydroxyl groups excluding tert-OH is 1. The average Bonchev–Trinajstić information content (AvgIpc) is 2.67. The Balaban J connectivity index is 2.02. The highest BCUT2D eigenvalue weighted by Crippen LogP contribution is 2.44. The Morgan fingerprint density at radius 3 is 2.60 bits per heavy atom. The molecule has 1 N–H and O–H groups in total. The quantitative estimate of drug-likeness (QED) is 0.807. The number of rotatable bonds is 4. The van der Waals surface area contributed by atoms with Gasteiger partial charge in [0.1, 0.15) is 5.72 Å². The minimum atomic E-state index is -0.449. The first-order chi connectivity index (χ1) is 9.52. The van der Waals surface area contributed by atoms with Crippen LogP contribution in [0.2, 0.25) is 0 Å². The Morgan fingerprint density at radius 2 is 1.95 bits per heavy atom. The lowest BCUT2D eigenvalue weighted by Crippen LogP contribution is -2.56. The van der Waals surface area contributed by atoms with Gasteiger partial charge in [0.15, 0.2) is 0 Å². The monoisotopic (exact) mass is 285 g/mol. The SMILES string of the molecule is CC1(C)COC2(CCCCC2)N1C(=O)OCCCCO. The Kier molecular flexibility index (Phi) is 4.91. The van der Waals surface area contributed by atoms with Gasteiger partial charge in [-0.2, -0.15) is 0 Å². The average molecular weight is 285 g/mol. The van der Waals surface area contributed by atoms with Crippen LogP contribution in [0.25, 0.3) is 0 Å². The highest BCUT2D eigenvalue weighted by atomic mass is 16.6. The molecule has 0 aromatic carbocycles. The minimum Gasteiger partial charge on any atom is -0.449 e. The predicted octanol–water partition coefficient (Wildman–Crippen LogP) is 2.67. The molecule has 116 valence electrons. The van der Waals surface area contributed by atoms with Crippen LogP contribution in [0.5, 0.6) is 0 Å². The molecule has 2 fully saturated rings. The number of hydrogen-bond acceptors (Lipinski definition) is 4. The predicted molar refractivity (Wildman–Crippen MR) is 75.4 cm³/mol. The van der Waals surface area contributed by atoms with Crippen molar-refractivity contribution in [3.05, 3.63) is 0 Å². The van der Waals surface area contributed by atoms with Gasteiger partial charge in [-0.15, -0.1) is 0 Å². The van der Waals surface area contributed by atoms with Gasteiger partial charge >= 0.3 is 6.09 Å². The van der Waals surface area contributed by atoms with Gasteiger partial charge in [0.25, 0.3) is 0 Å². The molecule has 0 atom stereocenters. The normalized spacial score (nSPS) is 24.1. The summed E-state index contributed by atoms with van der Waals surface area (Å²) in [7, 11) is 0. The van der Waals surface area contributed by atoms with Gasteiger partial charge in [0.2, 0.25) is 0 Å². The molecule has 0 radical (unpaired) electrons. The summed E-state index contributed by atoms with van der Waals surface area (Å²) in [4.78, 5) is 14.3. The maximum absolute atomic E-state index is 12.5. The molecule has 0 aromatic rings. The van der Waals surface area contributed by atoms with E-state index in [-0.39, 0.29) is 18.2 Å². The van der Waals surface area contributed by atoms with Crippen LogP contribution in [-0.2, 0) is 9.47 Å². The molecular formula is C15H27NO4. The smallest absolute Gasteiger partial charge is 0.412 e. The van der Waals surface area contributed by atoms with E-state index in [0.717, 1.165) is 25.7 Å². The zero-order valence-corrected chi connectivity index (χ0v) is 12.7. The lowest BCUT2D eigenvalue weighted by Gasteiger charge is -2.43. The lowest BCUT2D eigenvalue weighted by molar-refractivity contribution is -0.104. The molecule has 1 saturated carbocycles. The fraction of sp³-hybridized carbons (Fsp3) is 0.933. The van der Waals surface area contributed by atoms with Gasteiger partial charge in [-0.3, -0.25) is 4.90 Å².